The second-order valence-electron chi connectivity index (χ2n) is 2.61. The molecule has 0 aromatic carbocycles. The largest absolute Gasteiger partial charge is 0.318 e. The molecule has 0 atom stereocenters. The number of hydrogen-bond acceptors (Lipinski definition) is 2. The number of rotatable bonds is 3. The lowest BCUT2D eigenvalue weighted by Crippen LogP contribution is -2.43. The Kier molecular flexibility index (Phi) is 3.77. The fourth-order valence-electron chi connectivity index (χ4n) is 0.405. The minimum atomic E-state index is 0.00270. The molecule has 0 unspecified atom stereocenters. The molecule has 50 valence electrons. The molecule has 0 aromatic heterocycles. The zero-order valence-electron chi connectivity index (χ0n) is 5.86. The number of nitrogens with one attached hydrogen (secondary N) is 1. The van der Waals surface area contributed by atoms with Crippen LogP contribution >= 0.6 is 12.6 Å². The van der Waals surface area contributed by atoms with Crippen LogP contribution in [0.15, 0.2) is 0 Å². The third-order valence-corrected chi connectivity index (χ3v) is 3.91. The van der Waals surface area contributed by atoms with Crippen molar-refractivity contribution in [1.82, 2.24) is 5.32 Å². The van der Waals surface area contributed by atoms with Crippen LogP contribution in [0.3, 0.4) is 0 Å². The first-order valence-electron chi connectivity index (χ1n) is 2.92. The quantitative estimate of drug-likeness (QED) is 0.425. The van der Waals surface area contributed by atoms with Crippen molar-refractivity contribution < 1.29 is 0 Å². The minimum absolute atomic E-state index is 0.00270. The molecule has 3 heteroatoms. The van der Waals surface area contributed by atoms with Crippen LogP contribution in [0.2, 0.25) is 0 Å². The highest BCUT2D eigenvalue weighted by Gasteiger charge is 2.12. The summed E-state index contributed by atoms with van der Waals surface area (Å²) < 4.78 is 0. The van der Waals surface area contributed by atoms with E-state index in [0.717, 1.165) is 5.38 Å². The van der Waals surface area contributed by atoms with Crippen LogP contribution in [0.5, 0.6) is 0 Å². The number of thiol groups is 1. The van der Waals surface area contributed by atoms with E-state index in [9.17, 15) is 0 Å². The first kappa shape index (κ1) is 8.53. The molecule has 0 aliphatic carbocycles. The normalized spacial score (nSPS) is 13.5. The monoisotopic (exact) mass is 149 g/mol. The predicted octanol–water partition coefficient (Wildman–Crippen LogP) is -0.00200. The minimum Gasteiger partial charge on any atom is -0.318 e. The second kappa shape index (κ2) is 3.53. The molecule has 1 nitrogen and oxygen atoms in total. The van der Waals surface area contributed by atoms with E-state index < -0.39 is 0 Å². The summed E-state index contributed by atoms with van der Waals surface area (Å²) in [6.45, 7) is 4.46. The number of hydrogen-bond donors (Lipinski definition) is 2. The zero-order valence-corrected chi connectivity index (χ0v) is 8.17. The Morgan fingerprint density at radius 1 is 1.62 bits per heavy atom. The highest BCUT2D eigenvalue weighted by Crippen LogP contribution is 1.97. The van der Waals surface area contributed by atoms with Gasteiger partial charge in [-0.2, -0.15) is 12.6 Å². The van der Waals surface area contributed by atoms with Crippen molar-refractivity contribution in [2.75, 3.05) is 12.4 Å². The Morgan fingerprint density at radius 2 is 2.12 bits per heavy atom. The Labute approximate surface area is 59.5 Å². The summed E-state index contributed by atoms with van der Waals surface area (Å²) in [5.74, 6) is 0. The van der Waals surface area contributed by atoms with Crippen LogP contribution in [0, 0.1) is 0 Å². The van der Waals surface area contributed by atoms with Gasteiger partial charge in [-0.1, -0.05) is 13.8 Å². The van der Waals surface area contributed by atoms with Crippen molar-refractivity contribution in [3.63, 3.8) is 0 Å². The van der Waals surface area contributed by atoms with Gasteiger partial charge in [0.15, 0.2) is 0 Å². The van der Waals surface area contributed by atoms with Crippen LogP contribution in [0.1, 0.15) is 13.8 Å². The Hall–Kier alpha value is 0.527. The van der Waals surface area contributed by atoms with Crippen molar-refractivity contribution in [2.45, 2.75) is 19.0 Å². The average Bonchev–Trinajstić information content (AvgIpc) is 1.67. The van der Waals surface area contributed by atoms with E-state index in [1.807, 2.05) is 7.05 Å². The SMILES string of the molecule is CNC(C)(C)[SiH2]CS. The Balaban J connectivity index is 3.37. The standard InChI is InChI=1S/C5H15NSSi/c1-5(2,6-3)8-4-7/h6-7H,4,8H2,1-3H3. The van der Waals surface area contributed by atoms with Gasteiger partial charge >= 0.3 is 0 Å². The van der Waals surface area contributed by atoms with Crippen molar-refractivity contribution in [1.29, 1.82) is 0 Å². The van der Waals surface area contributed by atoms with E-state index in [2.05, 4.69) is 31.8 Å². The van der Waals surface area contributed by atoms with Gasteiger partial charge in [0.25, 0.3) is 0 Å². The summed E-state index contributed by atoms with van der Waals surface area (Å²) in [4.78, 5) is 0. The summed E-state index contributed by atoms with van der Waals surface area (Å²) in [7, 11) is 2.01. The van der Waals surface area contributed by atoms with E-state index in [-0.39, 0.29) is 9.52 Å². The lowest BCUT2D eigenvalue weighted by molar-refractivity contribution is 0.587. The van der Waals surface area contributed by atoms with Gasteiger partial charge in [0.2, 0.25) is 0 Å². The molecule has 0 heterocycles. The van der Waals surface area contributed by atoms with Crippen LogP contribution < -0.4 is 5.32 Å². The highest BCUT2D eigenvalue weighted by molar-refractivity contribution is 7.81. The third kappa shape index (κ3) is 3.52. The van der Waals surface area contributed by atoms with E-state index in [1.165, 1.54) is 0 Å². The van der Waals surface area contributed by atoms with Gasteiger partial charge in [-0.15, -0.1) is 0 Å². The molecule has 0 saturated heterocycles. The molecule has 1 N–H and O–H groups in total. The molecule has 0 radical (unpaired) electrons. The summed E-state index contributed by atoms with van der Waals surface area (Å²) in [6, 6.07) is 0. The van der Waals surface area contributed by atoms with Gasteiger partial charge < -0.3 is 5.32 Å². The third-order valence-electron chi connectivity index (χ3n) is 1.41. The topological polar surface area (TPSA) is 12.0 Å². The van der Waals surface area contributed by atoms with Gasteiger partial charge in [-0.3, -0.25) is 0 Å². The summed E-state index contributed by atoms with van der Waals surface area (Å²) >= 11 is 4.19. The van der Waals surface area contributed by atoms with Gasteiger partial charge in [-0.25, -0.2) is 0 Å². The smallest absolute Gasteiger partial charge is 0.0546 e. The molecule has 0 aromatic rings. The molecular formula is C5H15NSSi. The average molecular weight is 149 g/mol. The van der Waals surface area contributed by atoms with Crippen LogP contribution in [-0.4, -0.2) is 27.1 Å². The second-order valence-corrected chi connectivity index (χ2v) is 6.66. The Morgan fingerprint density at radius 3 is 2.25 bits per heavy atom. The van der Waals surface area contributed by atoms with Gasteiger partial charge in [0.05, 0.1) is 9.52 Å². The van der Waals surface area contributed by atoms with Crippen molar-refractivity contribution in [2.24, 2.45) is 0 Å². The van der Waals surface area contributed by atoms with Crippen LogP contribution in [0.4, 0.5) is 0 Å². The van der Waals surface area contributed by atoms with Gasteiger partial charge in [0, 0.05) is 0 Å². The molecular weight excluding hydrogens is 134 g/mol. The Bertz CT molecular complexity index is 65.4. The summed E-state index contributed by atoms with van der Waals surface area (Å²) in [6.07, 6.45) is 0. The summed E-state index contributed by atoms with van der Waals surface area (Å²) in [5, 5.41) is 4.75. The fraction of sp³-hybridized carbons (Fsp3) is 1.00. The molecule has 0 bridgehead atoms. The van der Waals surface area contributed by atoms with Crippen LogP contribution in [-0.2, 0) is 0 Å². The molecule has 0 saturated carbocycles. The van der Waals surface area contributed by atoms with Gasteiger partial charge in [-0.05, 0) is 17.6 Å². The molecule has 0 spiro atoms. The van der Waals surface area contributed by atoms with Crippen molar-refractivity contribution in [3.8, 4) is 0 Å². The van der Waals surface area contributed by atoms with E-state index >= 15 is 0 Å². The zero-order chi connectivity index (χ0) is 6.62. The summed E-state index contributed by atoms with van der Waals surface area (Å²) in [5.41, 5.74) is 0. The van der Waals surface area contributed by atoms with Crippen molar-refractivity contribution in [3.05, 3.63) is 0 Å². The molecule has 0 aliphatic heterocycles. The fourth-order valence-corrected chi connectivity index (χ4v) is 2.89. The lowest BCUT2D eigenvalue weighted by atomic mass is 10.4. The van der Waals surface area contributed by atoms with Crippen molar-refractivity contribution >= 4 is 22.1 Å². The molecule has 8 heavy (non-hydrogen) atoms. The maximum atomic E-state index is 4.19. The van der Waals surface area contributed by atoms with E-state index in [4.69, 9.17) is 0 Å². The maximum absolute atomic E-state index is 4.19. The van der Waals surface area contributed by atoms with Gasteiger partial charge in [0.1, 0.15) is 0 Å². The molecule has 0 aliphatic rings. The van der Waals surface area contributed by atoms with E-state index in [0.29, 0.717) is 5.16 Å². The first-order chi connectivity index (χ1) is 3.62. The first-order valence-corrected chi connectivity index (χ1v) is 5.26. The lowest BCUT2D eigenvalue weighted by Gasteiger charge is -2.21. The van der Waals surface area contributed by atoms with E-state index in [1.54, 1.807) is 0 Å². The molecule has 0 amide bonds. The molecule has 0 rings (SSSR count). The highest BCUT2D eigenvalue weighted by atomic mass is 32.1. The molecule has 0 fully saturated rings. The predicted molar refractivity (Wildman–Crippen MR) is 45.5 cm³/mol. The van der Waals surface area contributed by atoms with Crippen LogP contribution in [0.25, 0.3) is 0 Å². The maximum Gasteiger partial charge on any atom is 0.0546 e.